The summed E-state index contributed by atoms with van der Waals surface area (Å²) in [5, 5.41) is 0. The first-order valence-electron chi connectivity index (χ1n) is 9.57. The van der Waals surface area contributed by atoms with Crippen molar-refractivity contribution in [3.63, 3.8) is 0 Å². The number of hydrogen-bond donors (Lipinski definition) is 0. The molecule has 0 bridgehead atoms. The zero-order valence-electron chi connectivity index (χ0n) is 14.4. The molecule has 0 heterocycles. The van der Waals surface area contributed by atoms with Crippen LogP contribution in [0.4, 0.5) is 0 Å². The summed E-state index contributed by atoms with van der Waals surface area (Å²) < 4.78 is 5.61. The Labute approximate surface area is 132 Å². The molecule has 2 aliphatic rings. The summed E-state index contributed by atoms with van der Waals surface area (Å²) in [6.07, 6.45) is 19.1. The molecule has 0 aromatic carbocycles. The fraction of sp³-hybridized carbons (Fsp3) is 0.900. The predicted octanol–water partition coefficient (Wildman–Crippen LogP) is 5.99. The second kappa shape index (κ2) is 9.66. The van der Waals surface area contributed by atoms with E-state index in [1.807, 2.05) is 0 Å². The van der Waals surface area contributed by atoms with E-state index in [1.54, 1.807) is 0 Å². The van der Waals surface area contributed by atoms with Gasteiger partial charge in [-0.1, -0.05) is 25.5 Å². The third kappa shape index (κ3) is 5.77. The molecule has 1 nitrogen and oxygen atoms in total. The largest absolute Gasteiger partial charge is 0.381 e. The molecule has 0 saturated heterocycles. The highest BCUT2D eigenvalue weighted by Crippen LogP contribution is 2.41. The maximum atomic E-state index is 5.61. The van der Waals surface area contributed by atoms with Gasteiger partial charge in [-0.2, -0.15) is 0 Å². The molecule has 0 aromatic rings. The van der Waals surface area contributed by atoms with Gasteiger partial charge in [-0.3, -0.25) is 0 Å². The summed E-state index contributed by atoms with van der Waals surface area (Å²) in [7, 11) is 0. The van der Waals surface area contributed by atoms with Crippen molar-refractivity contribution in [3.05, 3.63) is 12.2 Å². The standard InChI is InChI=1S/C20H36O/c1-3-5-6-7-17-8-12-19(13-9-17)20-14-10-18(11-15-20)16-21-4-2/h6-7,17-20H,3-5,8-16H2,1-2H3/b7-6+. The third-order valence-electron chi connectivity index (χ3n) is 5.80. The van der Waals surface area contributed by atoms with E-state index in [1.165, 1.54) is 64.2 Å². The predicted molar refractivity (Wildman–Crippen MR) is 91.4 cm³/mol. The Morgan fingerprint density at radius 3 is 2.05 bits per heavy atom. The summed E-state index contributed by atoms with van der Waals surface area (Å²) in [6.45, 7) is 6.27. The Bertz CT molecular complexity index is 280. The van der Waals surface area contributed by atoms with Crippen LogP contribution in [0.3, 0.4) is 0 Å². The highest BCUT2D eigenvalue weighted by Gasteiger charge is 2.30. The highest BCUT2D eigenvalue weighted by molar-refractivity contribution is 4.92. The minimum Gasteiger partial charge on any atom is -0.381 e. The molecule has 0 amide bonds. The van der Waals surface area contributed by atoms with Gasteiger partial charge in [0.2, 0.25) is 0 Å². The van der Waals surface area contributed by atoms with Crippen LogP contribution < -0.4 is 0 Å². The fourth-order valence-electron chi connectivity index (χ4n) is 4.37. The lowest BCUT2D eigenvalue weighted by Gasteiger charge is -2.37. The Balaban J connectivity index is 1.64. The average Bonchev–Trinajstić information content (AvgIpc) is 2.54. The maximum absolute atomic E-state index is 5.61. The van der Waals surface area contributed by atoms with E-state index in [2.05, 4.69) is 26.0 Å². The zero-order chi connectivity index (χ0) is 14.9. The van der Waals surface area contributed by atoms with Gasteiger partial charge in [0.25, 0.3) is 0 Å². The van der Waals surface area contributed by atoms with E-state index in [0.29, 0.717) is 0 Å². The molecule has 2 aliphatic carbocycles. The average molecular weight is 293 g/mol. The molecule has 2 rings (SSSR count). The summed E-state index contributed by atoms with van der Waals surface area (Å²) in [6, 6.07) is 0. The molecular weight excluding hydrogens is 256 g/mol. The van der Waals surface area contributed by atoms with Crippen molar-refractivity contribution < 1.29 is 4.74 Å². The van der Waals surface area contributed by atoms with E-state index in [9.17, 15) is 0 Å². The normalized spacial score (nSPS) is 34.4. The molecule has 1 heteroatoms. The molecule has 21 heavy (non-hydrogen) atoms. The van der Waals surface area contributed by atoms with Crippen molar-refractivity contribution in [1.29, 1.82) is 0 Å². The lowest BCUT2D eigenvalue weighted by Crippen LogP contribution is -2.26. The smallest absolute Gasteiger partial charge is 0.0494 e. The second-order valence-electron chi connectivity index (χ2n) is 7.33. The molecule has 0 spiro atoms. The van der Waals surface area contributed by atoms with E-state index < -0.39 is 0 Å². The number of allylic oxidation sites excluding steroid dienone is 2. The van der Waals surface area contributed by atoms with E-state index in [-0.39, 0.29) is 0 Å². The van der Waals surface area contributed by atoms with Crippen LogP contribution in [0.2, 0.25) is 0 Å². The Morgan fingerprint density at radius 1 is 0.857 bits per heavy atom. The summed E-state index contributed by atoms with van der Waals surface area (Å²) >= 11 is 0. The second-order valence-corrected chi connectivity index (χ2v) is 7.33. The molecule has 0 aromatic heterocycles. The van der Waals surface area contributed by atoms with Gasteiger partial charge in [0.1, 0.15) is 0 Å². The van der Waals surface area contributed by atoms with Crippen LogP contribution in [0.5, 0.6) is 0 Å². The molecule has 0 unspecified atom stereocenters. The molecule has 0 radical (unpaired) electrons. The lowest BCUT2D eigenvalue weighted by molar-refractivity contribution is 0.0727. The third-order valence-corrected chi connectivity index (χ3v) is 5.80. The van der Waals surface area contributed by atoms with Gasteiger partial charge in [0.15, 0.2) is 0 Å². The van der Waals surface area contributed by atoms with Gasteiger partial charge < -0.3 is 4.74 Å². The van der Waals surface area contributed by atoms with Crippen molar-refractivity contribution in [3.8, 4) is 0 Å². The number of rotatable bonds is 7. The summed E-state index contributed by atoms with van der Waals surface area (Å²) in [5.41, 5.74) is 0. The highest BCUT2D eigenvalue weighted by atomic mass is 16.5. The monoisotopic (exact) mass is 292 g/mol. The SMILES string of the molecule is CCC/C=C/C1CCC(C2CCC(COCC)CC2)CC1. The van der Waals surface area contributed by atoms with Crippen molar-refractivity contribution in [2.24, 2.45) is 23.7 Å². The van der Waals surface area contributed by atoms with Crippen LogP contribution in [-0.2, 0) is 4.74 Å². The molecular formula is C20H36O. The van der Waals surface area contributed by atoms with Crippen LogP contribution in [0.1, 0.15) is 78.1 Å². The first kappa shape index (κ1) is 17.1. The van der Waals surface area contributed by atoms with Gasteiger partial charge in [-0.25, -0.2) is 0 Å². The van der Waals surface area contributed by atoms with Gasteiger partial charge in [0.05, 0.1) is 0 Å². The fourth-order valence-corrected chi connectivity index (χ4v) is 4.37. The number of ether oxygens (including phenoxy) is 1. The van der Waals surface area contributed by atoms with Crippen molar-refractivity contribution >= 4 is 0 Å². The first-order valence-corrected chi connectivity index (χ1v) is 9.57. The quantitative estimate of drug-likeness (QED) is 0.523. The van der Waals surface area contributed by atoms with Gasteiger partial charge in [-0.15, -0.1) is 0 Å². The van der Waals surface area contributed by atoms with E-state index in [4.69, 9.17) is 4.74 Å². The van der Waals surface area contributed by atoms with Crippen LogP contribution in [0, 0.1) is 23.7 Å². The molecule has 122 valence electrons. The Kier molecular flexibility index (Phi) is 7.85. The van der Waals surface area contributed by atoms with Gasteiger partial charge >= 0.3 is 0 Å². The van der Waals surface area contributed by atoms with E-state index in [0.717, 1.165) is 36.9 Å². The van der Waals surface area contributed by atoms with Crippen LogP contribution in [0.25, 0.3) is 0 Å². The lowest BCUT2D eigenvalue weighted by atomic mass is 9.69. The first-order chi connectivity index (χ1) is 10.3. The number of unbranched alkanes of at least 4 members (excludes halogenated alkanes) is 1. The van der Waals surface area contributed by atoms with Crippen LogP contribution in [0.15, 0.2) is 12.2 Å². The van der Waals surface area contributed by atoms with Crippen LogP contribution >= 0.6 is 0 Å². The molecule has 0 aliphatic heterocycles. The Morgan fingerprint density at radius 2 is 1.48 bits per heavy atom. The van der Waals surface area contributed by atoms with Gasteiger partial charge in [0, 0.05) is 13.2 Å². The molecule has 2 saturated carbocycles. The molecule has 0 atom stereocenters. The van der Waals surface area contributed by atoms with Crippen LogP contribution in [-0.4, -0.2) is 13.2 Å². The van der Waals surface area contributed by atoms with Crippen molar-refractivity contribution in [2.45, 2.75) is 78.1 Å². The topological polar surface area (TPSA) is 9.23 Å². The maximum Gasteiger partial charge on any atom is 0.0494 e. The summed E-state index contributed by atoms with van der Waals surface area (Å²) in [4.78, 5) is 0. The van der Waals surface area contributed by atoms with E-state index >= 15 is 0 Å². The zero-order valence-corrected chi connectivity index (χ0v) is 14.4. The summed E-state index contributed by atoms with van der Waals surface area (Å²) in [5.74, 6) is 3.81. The van der Waals surface area contributed by atoms with Crippen molar-refractivity contribution in [1.82, 2.24) is 0 Å². The molecule has 2 fully saturated rings. The minimum atomic E-state index is 0.856. The Hall–Kier alpha value is -0.300. The van der Waals surface area contributed by atoms with Gasteiger partial charge in [-0.05, 0) is 88.4 Å². The molecule has 0 N–H and O–H groups in total. The van der Waals surface area contributed by atoms with Crippen molar-refractivity contribution in [2.75, 3.05) is 13.2 Å². The minimum absolute atomic E-state index is 0.856. The number of hydrogen-bond acceptors (Lipinski definition) is 1.